The van der Waals surface area contributed by atoms with E-state index < -0.39 is 45.6 Å². The number of nitro groups is 2. The van der Waals surface area contributed by atoms with Gasteiger partial charge in [-0.15, -0.1) is 0 Å². The largest absolute Gasteiger partial charge is 0.444 e. The highest BCUT2D eigenvalue weighted by Gasteiger charge is 2.30. The van der Waals surface area contributed by atoms with E-state index in [9.17, 15) is 39.4 Å². The molecule has 0 aliphatic carbocycles. The van der Waals surface area contributed by atoms with Gasteiger partial charge in [-0.1, -0.05) is 66.7 Å². The van der Waals surface area contributed by atoms with Gasteiger partial charge < -0.3 is 9.47 Å². The molecule has 0 fully saturated rings. The van der Waals surface area contributed by atoms with Crippen molar-refractivity contribution >= 4 is 34.9 Å². The number of ketones is 2. The van der Waals surface area contributed by atoms with Gasteiger partial charge >= 0.3 is 11.9 Å². The second-order valence-electron chi connectivity index (χ2n) is 10.1. The van der Waals surface area contributed by atoms with Gasteiger partial charge in [-0.25, -0.2) is 14.6 Å². The quantitative estimate of drug-likeness (QED) is 0.0627. The fraction of sp³-hybridized carbons (Fsp3) is 0.0571. The monoisotopic (exact) mass is 645 g/mol. The molecule has 0 N–H and O–H groups in total. The van der Waals surface area contributed by atoms with E-state index in [-0.39, 0.29) is 45.0 Å². The Kier molecular flexibility index (Phi) is 9.80. The van der Waals surface area contributed by atoms with Gasteiger partial charge in [0.25, 0.3) is 11.4 Å². The Morgan fingerprint density at radius 1 is 0.500 bits per heavy atom. The first kappa shape index (κ1) is 32.5. The lowest BCUT2D eigenvalue weighted by Crippen LogP contribution is -2.23. The SMILES string of the molecule is O=C(O[C@H](C(=O)c1ccccc1)c1ccc([N+](=O)[O-])cc1)c1cccc(C(=O)O[C@@H](C(=O)c2ccccc2)c2ccc([N+](=O)[O-])cc2)n1. The molecule has 0 aliphatic heterocycles. The molecule has 0 amide bonds. The Hall–Kier alpha value is -6.89. The normalized spacial score (nSPS) is 11.8. The fourth-order valence-corrected chi connectivity index (χ4v) is 4.59. The second-order valence-corrected chi connectivity index (χ2v) is 10.1. The van der Waals surface area contributed by atoms with E-state index in [0.29, 0.717) is 0 Å². The van der Waals surface area contributed by atoms with Gasteiger partial charge in [0.2, 0.25) is 11.6 Å². The third kappa shape index (κ3) is 7.49. The van der Waals surface area contributed by atoms with Crippen molar-refractivity contribution in [1.29, 1.82) is 0 Å². The summed E-state index contributed by atoms with van der Waals surface area (Å²) in [5.41, 5.74) is -0.494. The van der Waals surface area contributed by atoms with Crippen LogP contribution in [0.2, 0.25) is 0 Å². The summed E-state index contributed by atoms with van der Waals surface area (Å²) >= 11 is 0. The number of pyridine rings is 1. The van der Waals surface area contributed by atoms with Crippen molar-refractivity contribution in [3.05, 3.63) is 181 Å². The predicted molar refractivity (Wildman–Crippen MR) is 168 cm³/mol. The lowest BCUT2D eigenvalue weighted by Gasteiger charge is -2.18. The lowest BCUT2D eigenvalue weighted by atomic mass is 9.99. The maximum Gasteiger partial charge on any atom is 0.358 e. The number of esters is 2. The molecule has 5 aromatic rings. The van der Waals surface area contributed by atoms with Crippen molar-refractivity contribution in [2.45, 2.75) is 12.2 Å². The second kappa shape index (κ2) is 14.5. The Morgan fingerprint density at radius 2 is 0.854 bits per heavy atom. The highest BCUT2D eigenvalue weighted by molar-refractivity contribution is 6.03. The summed E-state index contributed by atoms with van der Waals surface area (Å²) in [6.45, 7) is 0. The molecule has 2 atom stereocenters. The van der Waals surface area contributed by atoms with Crippen molar-refractivity contribution < 1.29 is 38.5 Å². The first-order valence-corrected chi connectivity index (χ1v) is 14.2. The van der Waals surface area contributed by atoms with Gasteiger partial charge in [-0.2, -0.15) is 0 Å². The van der Waals surface area contributed by atoms with Crippen LogP contribution < -0.4 is 0 Å². The molecule has 0 radical (unpaired) electrons. The van der Waals surface area contributed by atoms with Gasteiger partial charge in [-0.3, -0.25) is 29.8 Å². The summed E-state index contributed by atoms with van der Waals surface area (Å²) in [5, 5.41) is 22.3. The van der Waals surface area contributed by atoms with E-state index in [2.05, 4.69) is 4.98 Å². The van der Waals surface area contributed by atoms with Gasteiger partial charge in [0.05, 0.1) is 9.85 Å². The predicted octanol–water partition coefficient (Wildman–Crippen LogP) is 6.46. The number of non-ortho nitro benzene ring substituents is 2. The lowest BCUT2D eigenvalue weighted by molar-refractivity contribution is -0.385. The maximum absolute atomic E-state index is 13.4. The highest BCUT2D eigenvalue weighted by atomic mass is 16.6. The minimum atomic E-state index is -1.52. The molecule has 0 bridgehead atoms. The zero-order valence-electron chi connectivity index (χ0n) is 24.7. The Bertz CT molecular complexity index is 1860. The molecule has 4 aromatic carbocycles. The van der Waals surface area contributed by atoms with E-state index in [1.165, 1.54) is 91.0 Å². The minimum Gasteiger partial charge on any atom is -0.444 e. The van der Waals surface area contributed by atoms with Gasteiger partial charge in [0.15, 0.2) is 12.2 Å². The first-order chi connectivity index (χ1) is 23.1. The van der Waals surface area contributed by atoms with Crippen molar-refractivity contribution in [3.63, 3.8) is 0 Å². The first-order valence-electron chi connectivity index (χ1n) is 14.2. The molecule has 5 rings (SSSR count). The Labute approximate surface area is 271 Å². The summed E-state index contributed by atoms with van der Waals surface area (Å²) in [6, 6.07) is 29.5. The minimum absolute atomic E-state index is 0.156. The topological polar surface area (TPSA) is 186 Å². The van der Waals surface area contributed by atoms with Gasteiger partial charge in [0, 0.05) is 46.5 Å². The number of ether oxygens (including phenoxy) is 2. The Balaban J connectivity index is 1.41. The van der Waals surface area contributed by atoms with E-state index in [1.807, 2.05) is 0 Å². The average Bonchev–Trinajstić information content (AvgIpc) is 3.13. The summed E-state index contributed by atoms with van der Waals surface area (Å²) in [7, 11) is 0. The molecule has 0 spiro atoms. The van der Waals surface area contributed by atoms with Crippen molar-refractivity contribution in [2.75, 3.05) is 0 Å². The van der Waals surface area contributed by atoms with Crippen LogP contribution in [0.5, 0.6) is 0 Å². The number of carbonyl (C=O) groups excluding carboxylic acids is 4. The molecule has 238 valence electrons. The molecule has 0 unspecified atom stereocenters. The van der Waals surface area contributed by atoms with Crippen LogP contribution in [0.3, 0.4) is 0 Å². The third-order valence-electron chi connectivity index (χ3n) is 7.02. The molecule has 0 saturated heterocycles. The smallest absolute Gasteiger partial charge is 0.358 e. The number of Topliss-reactive ketones (excluding diaryl/α,β-unsaturated/α-hetero) is 2. The van der Waals surface area contributed by atoms with E-state index >= 15 is 0 Å². The average molecular weight is 646 g/mol. The summed E-state index contributed by atoms with van der Waals surface area (Å²) in [5.74, 6) is -3.41. The number of nitro benzene ring substituents is 2. The van der Waals surface area contributed by atoms with E-state index in [0.717, 1.165) is 0 Å². The van der Waals surface area contributed by atoms with Crippen molar-refractivity contribution in [1.82, 2.24) is 4.98 Å². The zero-order valence-corrected chi connectivity index (χ0v) is 24.7. The zero-order chi connectivity index (χ0) is 34.2. The number of rotatable bonds is 12. The number of aromatic nitrogens is 1. The van der Waals surface area contributed by atoms with E-state index in [4.69, 9.17) is 9.47 Å². The van der Waals surface area contributed by atoms with Crippen LogP contribution in [-0.4, -0.2) is 38.3 Å². The highest BCUT2D eigenvalue weighted by Crippen LogP contribution is 2.28. The van der Waals surface area contributed by atoms with Crippen LogP contribution in [-0.2, 0) is 9.47 Å². The molecule has 0 aliphatic rings. The molecular formula is C35H23N3O10. The number of hydrogen-bond donors (Lipinski definition) is 0. The van der Waals surface area contributed by atoms with Crippen LogP contribution >= 0.6 is 0 Å². The summed E-state index contributed by atoms with van der Waals surface area (Å²) in [4.78, 5) is 78.6. The molecule has 1 heterocycles. The van der Waals surface area contributed by atoms with Crippen LogP contribution in [0.4, 0.5) is 11.4 Å². The number of carbonyl (C=O) groups is 4. The molecular weight excluding hydrogens is 622 g/mol. The fourth-order valence-electron chi connectivity index (χ4n) is 4.59. The third-order valence-corrected chi connectivity index (χ3v) is 7.02. The molecule has 0 saturated carbocycles. The van der Waals surface area contributed by atoms with Gasteiger partial charge in [-0.05, 0) is 36.4 Å². The van der Waals surface area contributed by atoms with Crippen LogP contribution in [0, 0.1) is 20.2 Å². The molecule has 13 heteroatoms. The van der Waals surface area contributed by atoms with Gasteiger partial charge in [0.1, 0.15) is 11.4 Å². The molecule has 1 aromatic heterocycles. The maximum atomic E-state index is 13.4. The van der Waals surface area contributed by atoms with Crippen LogP contribution in [0.25, 0.3) is 0 Å². The molecule has 13 nitrogen and oxygen atoms in total. The van der Waals surface area contributed by atoms with E-state index in [1.54, 1.807) is 36.4 Å². The Morgan fingerprint density at radius 3 is 1.19 bits per heavy atom. The summed E-state index contributed by atoms with van der Waals surface area (Å²) < 4.78 is 11.1. The standard InChI is InChI=1S/C35H23N3O10/c39-30(22-8-3-1-4-9-22)32(24-14-18-26(19-15-24)37(43)44)47-34(41)28-12-7-13-29(36-28)35(42)48-33(31(40)23-10-5-2-6-11-23)25-16-20-27(21-17-25)38(45)46/h1-21,32-33H/t32-,33+. The van der Waals surface area contributed by atoms with Crippen LogP contribution in [0.15, 0.2) is 127 Å². The number of benzene rings is 4. The van der Waals surface area contributed by atoms with Crippen molar-refractivity contribution in [3.8, 4) is 0 Å². The van der Waals surface area contributed by atoms with Crippen molar-refractivity contribution in [2.24, 2.45) is 0 Å². The number of nitrogens with zero attached hydrogens (tertiary/aromatic N) is 3. The van der Waals surface area contributed by atoms with Crippen LogP contribution in [0.1, 0.15) is 65.0 Å². The number of hydrogen-bond acceptors (Lipinski definition) is 11. The molecule has 48 heavy (non-hydrogen) atoms. The summed E-state index contributed by atoms with van der Waals surface area (Å²) in [6.07, 6.45) is -3.04.